The number of thioether (sulfide) groups is 1. The predicted molar refractivity (Wildman–Crippen MR) is 111 cm³/mol. The summed E-state index contributed by atoms with van der Waals surface area (Å²) in [6.45, 7) is 4.42. The number of amides is 2. The van der Waals surface area contributed by atoms with E-state index in [4.69, 9.17) is 0 Å². The van der Waals surface area contributed by atoms with Gasteiger partial charge in [-0.2, -0.15) is 0 Å². The Labute approximate surface area is 165 Å². The SMILES string of the molecule is CC(C)c1ccc(/C=C2/SC(=O)N(CNc3ccc(Br)cc3)C2=O)cc1. The number of imide groups is 1. The third-order valence-corrected chi connectivity index (χ3v) is 5.50. The molecule has 1 N–H and O–H groups in total. The van der Waals surface area contributed by atoms with E-state index in [2.05, 4.69) is 47.2 Å². The molecular weight excluding hydrogens is 412 g/mol. The van der Waals surface area contributed by atoms with Gasteiger partial charge in [-0.1, -0.05) is 54.0 Å². The summed E-state index contributed by atoms with van der Waals surface area (Å²) < 4.78 is 0.973. The van der Waals surface area contributed by atoms with Crippen LogP contribution in [0.15, 0.2) is 57.9 Å². The Morgan fingerprint density at radius 3 is 2.35 bits per heavy atom. The summed E-state index contributed by atoms with van der Waals surface area (Å²) in [6.07, 6.45) is 1.77. The number of hydrogen-bond acceptors (Lipinski definition) is 4. The van der Waals surface area contributed by atoms with Crippen molar-refractivity contribution in [1.29, 1.82) is 0 Å². The second-order valence-electron chi connectivity index (χ2n) is 6.27. The summed E-state index contributed by atoms with van der Waals surface area (Å²) in [7, 11) is 0. The van der Waals surface area contributed by atoms with Gasteiger partial charge in [0.05, 0.1) is 11.6 Å². The third-order valence-electron chi connectivity index (χ3n) is 4.06. The van der Waals surface area contributed by atoms with Gasteiger partial charge in [0.2, 0.25) is 0 Å². The topological polar surface area (TPSA) is 49.4 Å². The van der Waals surface area contributed by atoms with Crippen LogP contribution in [-0.2, 0) is 4.79 Å². The average Bonchev–Trinajstić information content (AvgIpc) is 2.88. The van der Waals surface area contributed by atoms with Crippen molar-refractivity contribution in [2.75, 3.05) is 12.0 Å². The van der Waals surface area contributed by atoms with Crippen LogP contribution in [0.5, 0.6) is 0 Å². The van der Waals surface area contributed by atoms with Crippen LogP contribution in [-0.4, -0.2) is 22.7 Å². The summed E-state index contributed by atoms with van der Waals surface area (Å²) in [5, 5.41) is 2.84. The highest BCUT2D eigenvalue weighted by molar-refractivity contribution is 9.10. The molecule has 2 aromatic carbocycles. The van der Waals surface area contributed by atoms with E-state index in [0.717, 1.165) is 27.5 Å². The molecule has 134 valence electrons. The van der Waals surface area contributed by atoms with Gasteiger partial charge in [-0.25, -0.2) is 0 Å². The molecule has 0 aromatic heterocycles. The number of halogens is 1. The number of nitrogens with one attached hydrogen (secondary N) is 1. The summed E-state index contributed by atoms with van der Waals surface area (Å²) in [4.78, 5) is 26.4. The standard InChI is InChI=1S/C20H19BrN2O2S/c1-13(2)15-5-3-14(4-6-15)11-18-19(24)23(20(25)26-18)12-22-17-9-7-16(21)8-10-17/h3-11,13,22H,12H2,1-2H3/b18-11+. The van der Waals surface area contributed by atoms with Crippen molar-refractivity contribution in [3.8, 4) is 0 Å². The molecule has 0 unspecified atom stereocenters. The van der Waals surface area contributed by atoms with Crippen LogP contribution in [0, 0.1) is 0 Å². The zero-order valence-electron chi connectivity index (χ0n) is 14.5. The van der Waals surface area contributed by atoms with Crippen LogP contribution < -0.4 is 5.32 Å². The first-order valence-corrected chi connectivity index (χ1v) is 9.90. The van der Waals surface area contributed by atoms with E-state index in [1.807, 2.05) is 36.4 Å². The van der Waals surface area contributed by atoms with E-state index in [1.165, 1.54) is 10.5 Å². The number of nitrogens with zero attached hydrogens (tertiary/aromatic N) is 1. The van der Waals surface area contributed by atoms with Crippen LogP contribution in [0.25, 0.3) is 6.08 Å². The molecule has 26 heavy (non-hydrogen) atoms. The molecule has 3 rings (SSSR count). The third kappa shape index (κ3) is 4.37. The van der Waals surface area contributed by atoms with E-state index in [0.29, 0.717) is 10.8 Å². The number of carbonyl (C=O) groups excluding carboxylic acids is 2. The molecule has 0 bridgehead atoms. The lowest BCUT2D eigenvalue weighted by Gasteiger charge is -2.14. The molecule has 2 aromatic rings. The minimum absolute atomic E-state index is 0.149. The van der Waals surface area contributed by atoms with E-state index in [1.54, 1.807) is 6.08 Å². The molecule has 1 saturated heterocycles. The van der Waals surface area contributed by atoms with Crippen LogP contribution in [0.3, 0.4) is 0 Å². The smallest absolute Gasteiger partial charge is 0.295 e. The maximum atomic E-state index is 12.5. The van der Waals surface area contributed by atoms with Crippen molar-refractivity contribution in [3.63, 3.8) is 0 Å². The van der Waals surface area contributed by atoms with Gasteiger partial charge in [-0.15, -0.1) is 0 Å². The highest BCUT2D eigenvalue weighted by Crippen LogP contribution is 2.32. The Bertz CT molecular complexity index is 845. The van der Waals surface area contributed by atoms with Crippen molar-refractivity contribution in [1.82, 2.24) is 4.90 Å². The van der Waals surface area contributed by atoms with Crippen LogP contribution in [0.4, 0.5) is 10.5 Å². The second kappa shape index (κ2) is 8.10. The molecule has 2 amide bonds. The quantitative estimate of drug-likeness (QED) is 0.619. The Morgan fingerprint density at radius 1 is 1.08 bits per heavy atom. The molecule has 0 saturated carbocycles. The van der Waals surface area contributed by atoms with Gasteiger partial charge in [0.1, 0.15) is 0 Å². The van der Waals surface area contributed by atoms with Gasteiger partial charge in [-0.3, -0.25) is 14.5 Å². The van der Waals surface area contributed by atoms with Crippen LogP contribution in [0.1, 0.15) is 30.9 Å². The number of carbonyl (C=O) groups is 2. The van der Waals surface area contributed by atoms with E-state index in [9.17, 15) is 9.59 Å². The highest BCUT2D eigenvalue weighted by atomic mass is 79.9. The molecule has 1 aliphatic rings. The Kier molecular flexibility index (Phi) is 5.84. The van der Waals surface area contributed by atoms with Gasteiger partial charge in [-0.05, 0) is 59.1 Å². The fourth-order valence-electron chi connectivity index (χ4n) is 2.50. The van der Waals surface area contributed by atoms with Crippen molar-refractivity contribution < 1.29 is 9.59 Å². The number of rotatable bonds is 5. The van der Waals surface area contributed by atoms with Gasteiger partial charge >= 0.3 is 0 Å². The maximum Gasteiger partial charge on any atom is 0.295 e. The minimum Gasteiger partial charge on any atom is -0.367 e. The summed E-state index contributed by atoms with van der Waals surface area (Å²) in [5.41, 5.74) is 3.01. The highest BCUT2D eigenvalue weighted by Gasteiger charge is 2.34. The van der Waals surface area contributed by atoms with Crippen molar-refractivity contribution in [2.24, 2.45) is 0 Å². The van der Waals surface area contributed by atoms with Crippen LogP contribution >= 0.6 is 27.7 Å². The van der Waals surface area contributed by atoms with Crippen molar-refractivity contribution in [2.45, 2.75) is 19.8 Å². The summed E-state index contributed by atoms with van der Waals surface area (Å²) in [6, 6.07) is 15.6. The lowest BCUT2D eigenvalue weighted by Crippen LogP contribution is -2.33. The first-order chi connectivity index (χ1) is 12.4. The zero-order chi connectivity index (χ0) is 18.7. The molecule has 0 radical (unpaired) electrons. The van der Waals surface area contributed by atoms with Gasteiger partial charge in [0.15, 0.2) is 0 Å². The fourth-order valence-corrected chi connectivity index (χ4v) is 3.61. The largest absolute Gasteiger partial charge is 0.367 e. The first kappa shape index (κ1) is 18.7. The Hall–Kier alpha value is -2.05. The zero-order valence-corrected chi connectivity index (χ0v) is 16.9. The molecule has 0 aliphatic carbocycles. The molecule has 4 nitrogen and oxygen atoms in total. The van der Waals surface area contributed by atoms with Gasteiger partial charge in [0.25, 0.3) is 11.1 Å². The summed E-state index contributed by atoms with van der Waals surface area (Å²) in [5.74, 6) is 0.193. The molecule has 1 fully saturated rings. The van der Waals surface area contributed by atoms with Crippen molar-refractivity contribution in [3.05, 3.63) is 69.0 Å². The predicted octanol–water partition coefficient (Wildman–Crippen LogP) is 5.68. The lowest BCUT2D eigenvalue weighted by atomic mass is 10.0. The average molecular weight is 431 g/mol. The second-order valence-corrected chi connectivity index (χ2v) is 8.18. The van der Waals surface area contributed by atoms with E-state index < -0.39 is 0 Å². The first-order valence-electron chi connectivity index (χ1n) is 8.29. The molecular formula is C20H19BrN2O2S. The van der Waals surface area contributed by atoms with Crippen LogP contribution in [0.2, 0.25) is 0 Å². The lowest BCUT2D eigenvalue weighted by molar-refractivity contribution is -0.122. The van der Waals surface area contributed by atoms with E-state index in [-0.39, 0.29) is 17.8 Å². The Morgan fingerprint density at radius 2 is 1.73 bits per heavy atom. The van der Waals surface area contributed by atoms with Crippen molar-refractivity contribution >= 4 is 50.6 Å². The number of benzene rings is 2. The normalized spacial score (nSPS) is 16.0. The molecule has 0 spiro atoms. The molecule has 0 atom stereocenters. The Balaban J connectivity index is 1.68. The van der Waals surface area contributed by atoms with E-state index >= 15 is 0 Å². The fraction of sp³-hybridized carbons (Fsp3) is 0.200. The molecule has 1 aliphatic heterocycles. The maximum absolute atomic E-state index is 12.5. The summed E-state index contributed by atoms with van der Waals surface area (Å²) >= 11 is 4.35. The monoisotopic (exact) mass is 430 g/mol. The van der Waals surface area contributed by atoms with Gasteiger partial charge < -0.3 is 5.32 Å². The van der Waals surface area contributed by atoms with Gasteiger partial charge in [0, 0.05) is 10.2 Å². The minimum atomic E-state index is -0.266. The number of hydrogen-bond donors (Lipinski definition) is 1. The molecule has 6 heteroatoms. The molecule has 1 heterocycles. The number of anilines is 1.